The molecule has 0 atom stereocenters. The van der Waals surface area contributed by atoms with Gasteiger partial charge in [-0.3, -0.25) is 4.79 Å². The Hall–Kier alpha value is -3.40. The van der Waals surface area contributed by atoms with Crippen molar-refractivity contribution in [3.8, 4) is 28.6 Å². The van der Waals surface area contributed by atoms with Gasteiger partial charge in [-0.1, -0.05) is 26.0 Å². The molecule has 0 aliphatic heterocycles. The Morgan fingerprint density at radius 2 is 1.82 bits per heavy atom. The number of ether oxygens (including phenoxy) is 3. The molecule has 39 heavy (non-hydrogen) atoms. The molecule has 8 heteroatoms. The molecular formula is C31H34IN3O4. The molecule has 4 rings (SSSR count). The van der Waals surface area contributed by atoms with Gasteiger partial charge in [0, 0.05) is 5.56 Å². The van der Waals surface area contributed by atoms with Gasteiger partial charge in [0.05, 0.1) is 40.5 Å². The maximum absolute atomic E-state index is 13.7. The predicted molar refractivity (Wildman–Crippen MR) is 166 cm³/mol. The molecule has 0 spiro atoms. The van der Waals surface area contributed by atoms with Crippen molar-refractivity contribution in [3.63, 3.8) is 0 Å². The molecule has 0 saturated heterocycles. The Bertz CT molecular complexity index is 1590. The van der Waals surface area contributed by atoms with Crippen LogP contribution in [-0.2, 0) is 0 Å². The first-order chi connectivity index (χ1) is 18.6. The van der Waals surface area contributed by atoms with Crippen molar-refractivity contribution in [3.05, 3.63) is 79.1 Å². The zero-order chi connectivity index (χ0) is 28.3. The Labute approximate surface area is 243 Å². The van der Waals surface area contributed by atoms with Crippen LogP contribution in [0.15, 0.2) is 58.4 Å². The summed E-state index contributed by atoms with van der Waals surface area (Å²) in [7, 11) is 1.61. The summed E-state index contributed by atoms with van der Waals surface area (Å²) in [6.07, 6.45) is 1.66. The van der Waals surface area contributed by atoms with Crippen molar-refractivity contribution in [2.75, 3.05) is 13.7 Å². The largest absolute Gasteiger partial charge is 0.494 e. The van der Waals surface area contributed by atoms with Crippen LogP contribution in [0.4, 0.5) is 0 Å². The second-order valence-electron chi connectivity index (χ2n) is 9.81. The van der Waals surface area contributed by atoms with Gasteiger partial charge in [-0.15, -0.1) is 0 Å². The summed E-state index contributed by atoms with van der Waals surface area (Å²) in [5.74, 6) is 2.82. The molecule has 204 valence electrons. The van der Waals surface area contributed by atoms with Gasteiger partial charge in [0.1, 0.15) is 5.75 Å². The summed E-state index contributed by atoms with van der Waals surface area (Å²) in [6.45, 7) is 12.7. The Kier molecular flexibility index (Phi) is 8.94. The Balaban J connectivity index is 1.93. The molecule has 0 unspecified atom stereocenters. The van der Waals surface area contributed by atoms with E-state index in [1.165, 1.54) is 4.68 Å². The molecule has 7 nitrogen and oxygen atoms in total. The molecular weight excluding hydrogens is 605 g/mol. The number of benzene rings is 3. The van der Waals surface area contributed by atoms with E-state index in [0.717, 1.165) is 31.6 Å². The molecule has 3 aromatic carbocycles. The van der Waals surface area contributed by atoms with Gasteiger partial charge in [0.2, 0.25) is 0 Å². The highest BCUT2D eigenvalue weighted by Crippen LogP contribution is 2.35. The second-order valence-corrected chi connectivity index (χ2v) is 11.0. The molecule has 0 radical (unpaired) electrons. The average molecular weight is 640 g/mol. The molecule has 0 aliphatic carbocycles. The number of rotatable bonds is 9. The lowest BCUT2D eigenvalue weighted by molar-refractivity contribution is 0.228. The van der Waals surface area contributed by atoms with E-state index in [-0.39, 0.29) is 17.6 Å². The van der Waals surface area contributed by atoms with Crippen LogP contribution >= 0.6 is 22.6 Å². The van der Waals surface area contributed by atoms with E-state index in [4.69, 9.17) is 19.2 Å². The number of aromatic nitrogens is 2. The number of fused-ring (bicyclic) bond motifs is 1. The standard InChI is InChI=1S/C31H34IN3O4/c1-8-38-27-13-20(6)24(16-23(27)18(2)3)30-34-26-12-10-9-11-22(26)31(36)35(30)33-17-21-14-25(32)29(39-19(4)5)28(15-21)37-7/h9-19H,8H2,1-7H3. The number of methoxy groups -OCH3 is 1. The molecule has 0 amide bonds. The number of hydrogen-bond donors (Lipinski definition) is 0. The van der Waals surface area contributed by atoms with Gasteiger partial charge < -0.3 is 14.2 Å². The highest BCUT2D eigenvalue weighted by Gasteiger charge is 2.19. The minimum absolute atomic E-state index is 0.00447. The van der Waals surface area contributed by atoms with Gasteiger partial charge >= 0.3 is 0 Å². The fourth-order valence-corrected chi connectivity index (χ4v) is 5.12. The van der Waals surface area contributed by atoms with E-state index in [0.29, 0.717) is 34.8 Å². The van der Waals surface area contributed by atoms with Crippen molar-refractivity contribution in [1.82, 2.24) is 9.66 Å². The van der Waals surface area contributed by atoms with Crippen LogP contribution in [0, 0.1) is 10.5 Å². The number of hydrogen-bond acceptors (Lipinski definition) is 6. The van der Waals surface area contributed by atoms with Crippen LogP contribution in [0.1, 0.15) is 57.2 Å². The van der Waals surface area contributed by atoms with Gasteiger partial charge in [0.25, 0.3) is 5.56 Å². The SMILES string of the molecule is CCOc1cc(C)c(-c2nc3ccccc3c(=O)n2N=Cc2cc(I)c(OC(C)C)c(OC)c2)cc1C(C)C. The van der Waals surface area contributed by atoms with Crippen LogP contribution < -0.4 is 19.8 Å². The fraction of sp³-hybridized carbons (Fsp3) is 0.323. The molecule has 0 N–H and O–H groups in total. The third-order valence-electron chi connectivity index (χ3n) is 6.20. The van der Waals surface area contributed by atoms with Crippen LogP contribution in [-0.4, -0.2) is 35.7 Å². The topological polar surface area (TPSA) is 74.9 Å². The molecule has 0 fully saturated rings. The summed E-state index contributed by atoms with van der Waals surface area (Å²) in [5, 5.41) is 5.17. The quantitative estimate of drug-likeness (QED) is 0.143. The number of nitrogens with zero attached hydrogens (tertiary/aromatic N) is 3. The lowest BCUT2D eigenvalue weighted by Crippen LogP contribution is -2.21. The first kappa shape index (κ1) is 28.6. The summed E-state index contributed by atoms with van der Waals surface area (Å²) in [5.41, 5.74) is 3.97. The van der Waals surface area contributed by atoms with Gasteiger partial charge in [-0.05, 0) is 109 Å². The second kappa shape index (κ2) is 12.2. The maximum Gasteiger partial charge on any atom is 0.282 e. The lowest BCUT2D eigenvalue weighted by Gasteiger charge is -2.18. The number of para-hydroxylation sites is 1. The van der Waals surface area contributed by atoms with Crippen LogP contribution in [0.3, 0.4) is 0 Å². The van der Waals surface area contributed by atoms with E-state index in [1.54, 1.807) is 19.4 Å². The van der Waals surface area contributed by atoms with E-state index in [1.807, 2.05) is 64.1 Å². The van der Waals surface area contributed by atoms with Crippen molar-refractivity contribution >= 4 is 39.7 Å². The highest BCUT2D eigenvalue weighted by molar-refractivity contribution is 14.1. The van der Waals surface area contributed by atoms with Crippen molar-refractivity contribution in [1.29, 1.82) is 0 Å². The minimum Gasteiger partial charge on any atom is -0.494 e. The van der Waals surface area contributed by atoms with E-state index in [2.05, 4.69) is 47.6 Å². The van der Waals surface area contributed by atoms with Crippen LogP contribution in [0.5, 0.6) is 17.2 Å². The minimum atomic E-state index is -0.243. The molecule has 0 aliphatic rings. The smallest absolute Gasteiger partial charge is 0.282 e. The molecule has 4 aromatic rings. The van der Waals surface area contributed by atoms with Crippen LogP contribution in [0.2, 0.25) is 0 Å². The van der Waals surface area contributed by atoms with Crippen LogP contribution in [0.25, 0.3) is 22.3 Å². The Morgan fingerprint density at radius 1 is 1.08 bits per heavy atom. The van der Waals surface area contributed by atoms with Crippen molar-refractivity contribution in [2.24, 2.45) is 5.10 Å². The van der Waals surface area contributed by atoms with Gasteiger partial charge in [-0.2, -0.15) is 9.78 Å². The van der Waals surface area contributed by atoms with E-state index >= 15 is 0 Å². The third-order valence-corrected chi connectivity index (χ3v) is 7.00. The third kappa shape index (κ3) is 6.11. The van der Waals surface area contributed by atoms with E-state index < -0.39 is 0 Å². The number of aryl methyl sites for hydroxylation is 1. The maximum atomic E-state index is 13.7. The van der Waals surface area contributed by atoms with Gasteiger partial charge in [-0.25, -0.2) is 4.98 Å². The van der Waals surface area contributed by atoms with Crippen molar-refractivity contribution in [2.45, 2.75) is 53.6 Å². The summed E-state index contributed by atoms with van der Waals surface area (Å²) in [6, 6.07) is 15.2. The lowest BCUT2D eigenvalue weighted by atomic mass is 9.96. The highest BCUT2D eigenvalue weighted by atomic mass is 127. The first-order valence-corrected chi connectivity index (χ1v) is 14.1. The zero-order valence-corrected chi connectivity index (χ0v) is 25.6. The van der Waals surface area contributed by atoms with E-state index in [9.17, 15) is 4.79 Å². The van der Waals surface area contributed by atoms with Gasteiger partial charge in [0.15, 0.2) is 17.3 Å². The summed E-state index contributed by atoms with van der Waals surface area (Å²) in [4.78, 5) is 18.7. The fourth-order valence-electron chi connectivity index (χ4n) is 4.36. The average Bonchev–Trinajstić information content (AvgIpc) is 2.89. The monoisotopic (exact) mass is 639 g/mol. The molecule has 1 aromatic heterocycles. The van der Waals surface area contributed by atoms with Crippen molar-refractivity contribution < 1.29 is 14.2 Å². The molecule has 1 heterocycles. The summed E-state index contributed by atoms with van der Waals surface area (Å²) >= 11 is 2.22. The zero-order valence-electron chi connectivity index (χ0n) is 23.4. The number of halogens is 1. The summed E-state index contributed by atoms with van der Waals surface area (Å²) < 4.78 is 19.7. The predicted octanol–water partition coefficient (Wildman–Crippen LogP) is 7.18. The molecule has 0 saturated carbocycles. The molecule has 0 bridgehead atoms. The first-order valence-electron chi connectivity index (χ1n) is 13.0. The Morgan fingerprint density at radius 3 is 2.49 bits per heavy atom. The normalized spacial score (nSPS) is 11.6.